The van der Waals surface area contributed by atoms with Gasteiger partial charge in [0.25, 0.3) is 0 Å². The highest BCUT2D eigenvalue weighted by molar-refractivity contribution is 7.89. The SMILES string of the molecule is COc1ccc(C(=O)O)cc1S(=O)(=O)NC(C)(CO)CO. The summed E-state index contributed by atoms with van der Waals surface area (Å²) in [5, 5.41) is 27.2. The quantitative estimate of drug-likeness (QED) is 0.528. The molecule has 0 heterocycles. The van der Waals surface area contributed by atoms with Crippen molar-refractivity contribution in [3.63, 3.8) is 0 Å². The maximum Gasteiger partial charge on any atom is 0.335 e. The minimum Gasteiger partial charge on any atom is -0.495 e. The number of aromatic carboxylic acids is 1. The first-order valence-corrected chi connectivity index (χ1v) is 7.34. The molecular weight excluding hydrogens is 302 g/mol. The zero-order valence-corrected chi connectivity index (χ0v) is 12.3. The number of methoxy groups -OCH3 is 1. The third kappa shape index (κ3) is 3.91. The second kappa shape index (κ2) is 6.39. The molecule has 4 N–H and O–H groups in total. The van der Waals surface area contributed by atoms with E-state index in [4.69, 9.17) is 20.1 Å². The molecule has 0 aliphatic heterocycles. The van der Waals surface area contributed by atoms with Crippen LogP contribution in [0.25, 0.3) is 0 Å². The number of ether oxygens (including phenoxy) is 1. The highest BCUT2D eigenvalue weighted by Crippen LogP contribution is 2.26. The van der Waals surface area contributed by atoms with Gasteiger partial charge in [-0.25, -0.2) is 17.9 Å². The Labute approximate surface area is 122 Å². The number of carboxylic acid groups (broad SMARTS) is 1. The molecule has 0 saturated carbocycles. The fourth-order valence-electron chi connectivity index (χ4n) is 1.51. The van der Waals surface area contributed by atoms with Crippen molar-refractivity contribution < 1.29 is 33.3 Å². The maximum absolute atomic E-state index is 12.3. The van der Waals surface area contributed by atoms with Gasteiger partial charge in [-0.15, -0.1) is 0 Å². The van der Waals surface area contributed by atoms with E-state index in [0.717, 1.165) is 6.07 Å². The molecule has 0 aliphatic rings. The summed E-state index contributed by atoms with van der Waals surface area (Å²) in [6.07, 6.45) is 0. The van der Waals surface area contributed by atoms with Crippen molar-refractivity contribution in [3.8, 4) is 5.75 Å². The van der Waals surface area contributed by atoms with Gasteiger partial charge in [0, 0.05) is 0 Å². The Morgan fingerprint density at radius 2 is 1.90 bits per heavy atom. The first kappa shape index (κ1) is 17.4. The van der Waals surface area contributed by atoms with Gasteiger partial charge < -0.3 is 20.1 Å². The fraction of sp³-hybridized carbons (Fsp3) is 0.417. The highest BCUT2D eigenvalue weighted by atomic mass is 32.2. The van der Waals surface area contributed by atoms with Crippen LogP contribution in [-0.2, 0) is 10.0 Å². The van der Waals surface area contributed by atoms with E-state index in [1.807, 2.05) is 0 Å². The summed E-state index contributed by atoms with van der Waals surface area (Å²) in [4.78, 5) is 10.6. The van der Waals surface area contributed by atoms with E-state index >= 15 is 0 Å². The van der Waals surface area contributed by atoms with E-state index in [1.54, 1.807) is 0 Å². The second-order valence-electron chi connectivity index (χ2n) is 4.65. The summed E-state index contributed by atoms with van der Waals surface area (Å²) in [5.41, 5.74) is -1.71. The average molecular weight is 319 g/mol. The molecule has 0 unspecified atom stereocenters. The first-order valence-electron chi connectivity index (χ1n) is 5.86. The third-order valence-electron chi connectivity index (χ3n) is 2.78. The van der Waals surface area contributed by atoms with Crippen LogP contribution in [0.2, 0.25) is 0 Å². The number of hydrogen-bond acceptors (Lipinski definition) is 6. The van der Waals surface area contributed by atoms with Crippen molar-refractivity contribution in [2.75, 3.05) is 20.3 Å². The fourth-order valence-corrected chi connectivity index (χ4v) is 3.10. The number of sulfonamides is 1. The Morgan fingerprint density at radius 1 is 1.33 bits per heavy atom. The van der Waals surface area contributed by atoms with Crippen molar-refractivity contribution in [2.24, 2.45) is 0 Å². The van der Waals surface area contributed by atoms with Crippen LogP contribution in [0.1, 0.15) is 17.3 Å². The summed E-state index contributed by atoms with van der Waals surface area (Å²) in [6, 6.07) is 3.36. The molecule has 0 fully saturated rings. The number of carboxylic acids is 1. The van der Waals surface area contributed by atoms with E-state index < -0.39 is 39.6 Å². The Morgan fingerprint density at radius 3 is 2.33 bits per heavy atom. The predicted octanol–water partition coefficient (Wildman–Crippen LogP) is -0.585. The van der Waals surface area contributed by atoms with Crippen molar-refractivity contribution in [1.82, 2.24) is 4.72 Å². The minimum atomic E-state index is -4.20. The topological polar surface area (TPSA) is 133 Å². The standard InChI is InChI=1S/C12H17NO7S/c1-12(6-14,7-15)13-21(18,19)10-5-8(11(16)17)3-4-9(10)20-2/h3-5,13-15H,6-7H2,1-2H3,(H,16,17). The van der Waals surface area contributed by atoms with Gasteiger partial charge >= 0.3 is 5.97 Å². The van der Waals surface area contributed by atoms with E-state index in [0.29, 0.717) is 0 Å². The van der Waals surface area contributed by atoms with Gasteiger partial charge in [0.05, 0.1) is 31.4 Å². The van der Waals surface area contributed by atoms with Gasteiger partial charge in [-0.2, -0.15) is 0 Å². The van der Waals surface area contributed by atoms with Crippen molar-refractivity contribution in [3.05, 3.63) is 23.8 Å². The molecule has 21 heavy (non-hydrogen) atoms. The third-order valence-corrected chi connectivity index (χ3v) is 4.44. The molecule has 0 aliphatic carbocycles. The summed E-state index contributed by atoms with van der Waals surface area (Å²) in [6.45, 7) is 0.0331. The molecule has 1 aromatic carbocycles. The number of hydrogen-bond donors (Lipinski definition) is 4. The molecule has 118 valence electrons. The summed E-state index contributed by atoms with van der Waals surface area (Å²) in [7, 11) is -2.96. The van der Waals surface area contributed by atoms with E-state index in [-0.39, 0.29) is 11.3 Å². The van der Waals surface area contributed by atoms with Crippen LogP contribution in [0.5, 0.6) is 5.75 Å². The van der Waals surface area contributed by atoms with Gasteiger partial charge in [-0.05, 0) is 25.1 Å². The van der Waals surface area contributed by atoms with E-state index in [2.05, 4.69) is 4.72 Å². The van der Waals surface area contributed by atoms with Crippen molar-refractivity contribution in [1.29, 1.82) is 0 Å². The molecule has 0 atom stereocenters. The summed E-state index contributed by atoms with van der Waals surface area (Å²) < 4.78 is 31.7. The largest absolute Gasteiger partial charge is 0.495 e. The van der Waals surface area contributed by atoms with Crippen LogP contribution >= 0.6 is 0 Å². The lowest BCUT2D eigenvalue weighted by Gasteiger charge is -2.26. The molecular formula is C12H17NO7S. The maximum atomic E-state index is 12.3. The average Bonchev–Trinajstić information content (AvgIpc) is 2.45. The lowest BCUT2D eigenvalue weighted by Crippen LogP contribution is -2.51. The Balaban J connectivity index is 3.36. The van der Waals surface area contributed by atoms with Crippen LogP contribution < -0.4 is 9.46 Å². The Hall–Kier alpha value is -1.68. The second-order valence-corrected chi connectivity index (χ2v) is 6.30. The van der Waals surface area contributed by atoms with Gasteiger partial charge in [0.1, 0.15) is 10.6 Å². The number of aliphatic hydroxyl groups is 2. The van der Waals surface area contributed by atoms with Gasteiger partial charge in [0.15, 0.2) is 0 Å². The number of carbonyl (C=O) groups is 1. The smallest absolute Gasteiger partial charge is 0.335 e. The molecule has 0 saturated heterocycles. The van der Waals surface area contributed by atoms with Crippen LogP contribution in [-0.4, -0.2) is 55.6 Å². The first-order chi connectivity index (χ1) is 9.69. The number of nitrogens with one attached hydrogen (secondary N) is 1. The van der Waals surface area contributed by atoms with Crippen LogP contribution in [0.3, 0.4) is 0 Å². The van der Waals surface area contributed by atoms with Crippen molar-refractivity contribution >= 4 is 16.0 Å². The van der Waals surface area contributed by atoms with Crippen LogP contribution in [0.15, 0.2) is 23.1 Å². The molecule has 0 aromatic heterocycles. The van der Waals surface area contributed by atoms with Crippen molar-refractivity contribution in [2.45, 2.75) is 17.4 Å². The molecule has 0 bridgehead atoms. The highest BCUT2D eigenvalue weighted by Gasteiger charge is 2.31. The molecule has 0 amide bonds. The number of aliphatic hydroxyl groups excluding tert-OH is 2. The molecule has 8 nitrogen and oxygen atoms in total. The van der Waals surface area contributed by atoms with Gasteiger partial charge in [0.2, 0.25) is 10.0 Å². The lowest BCUT2D eigenvalue weighted by molar-refractivity contribution is 0.0696. The van der Waals surface area contributed by atoms with Crippen LogP contribution in [0.4, 0.5) is 0 Å². The molecule has 1 rings (SSSR count). The lowest BCUT2D eigenvalue weighted by atomic mass is 10.1. The minimum absolute atomic E-state index is 0.0503. The molecule has 0 radical (unpaired) electrons. The van der Waals surface area contributed by atoms with Gasteiger partial charge in [-0.3, -0.25) is 0 Å². The molecule has 1 aromatic rings. The zero-order valence-electron chi connectivity index (χ0n) is 11.5. The Bertz CT molecular complexity index is 622. The molecule has 0 spiro atoms. The summed E-state index contributed by atoms with van der Waals surface area (Å²) in [5.74, 6) is -1.34. The van der Waals surface area contributed by atoms with E-state index in [1.165, 1.54) is 26.2 Å². The number of benzene rings is 1. The summed E-state index contributed by atoms with van der Waals surface area (Å²) >= 11 is 0. The molecule has 9 heteroatoms. The number of rotatable bonds is 7. The normalized spacial score (nSPS) is 12.2. The predicted molar refractivity (Wildman–Crippen MR) is 72.9 cm³/mol. The van der Waals surface area contributed by atoms with Crippen LogP contribution in [0, 0.1) is 0 Å². The zero-order chi connectivity index (χ0) is 16.3. The monoisotopic (exact) mass is 319 g/mol. The van der Waals surface area contributed by atoms with E-state index in [9.17, 15) is 13.2 Å². The van der Waals surface area contributed by atoms with Gasteiger partial charge in [-0.1, -0.05) is 0 Å². The Kier molecular flexibility index (Phi) is 5.29.